The second-order valence-electron chi connectivity index (χ2n) is 7.04. The lowest BCUT2D eigenvalue weighted by Gasteiger charge is -2.22. The number of hydrogen-bond acceptors (Lipinski definition) is 5. The molecule has 2 N–H and O–H groups in total. The molecule has 0 bridgehead atoms. The molecule has 2 heterocycles. The molecule has 1 amide bonds. The fourth-order valence-electron chi connectivity index (χ4n) is 3.71. The lowest BCUT2D eigenvalue weighted by molar-refractivity contribution is -0.118. The number of piperidine rings is 1. The maximum Gasteiger partial charge on any atom is 0.230 e. The molecule has 1 atom stereocenters. The van der Waals surface area contributed by atoms with Crippen molar-refractivity contribution in [1.82, 2.24) is 25.4 Å². The number of nitrogens with zero attached hydrogens (tertiary/aromatic N) is 3. The van der Waals surface area contributed by atoms with Gasteiger partial charge >= 0.3 is 0 Å². The van der Waals surface area contributed by atoms with Gasteiger partial charge in [0.05, 0.1) is 5.75 Å². The maximum atomic E-state index is 12.1. The quantitative estimate of drug-likeness (QED) is 0.768. The van der Waals surface area contributed by atoms with Crippen molar-refractivity contribution in [3.63, 3.8) is 0 Å². The molecule has 1 aromatic heterocycles. The van der Waals surface area contributed by atoms with Crippen molar-refractivity contribution >= 4 is 17.7 Å². The van der Waals surface area contributed by atoms with Gasteiger partial charge in [-0.2, -0.15) is 0 Å². The SMILES string of the molecule is Cn1c(SCC(=O)NCC2CCCCC2)nnc1[C@H]1CCCNC1. The van der Waals surface area contributed by atoms with Crippen molar-refractivity contribution in [1.29, 1.82) is 0 Å². The van der Waals surface area contributed by atoms with Crippen molar-refractivity contribution in [3.05, 3.63) is 5.82 Å². The van der Waals surface area contributed by atoms with Gasteiger partial charge in [-0.05, 0) is 38.1 Å². The van der Waals surface area contributed by atoms with Crippen LogP contribution in [0.3, 0.4) is 0 Å². The van der Waals surface area contributed by atoms with Crippen LogP contribution in [-0.2, 0) is 11.8 Å². The lowest BCUT2D eigenvalue weighted by Crippen LogP contribution is -2.31. The average molecular weight is 352 g/mol. The topological polar surface area (TPSA) is 71.8 Å². The van der Waals surface area contributed by atoms with E-state index >= 15 is 0 Å². The summed E-state index contributed by atoms with van der Waals surface area (Å²) < 4.78 is 2.05. The number of thioether (sulfide) groups is 1. The van der Waals surface area contributed by atoms with E-state index in [9.17, 15) is 4.79 Å². The number of aromatic nitrogens is 3. The van der Waals surface area contributed by atoms with E-state index in [1.165, 1.54) is 50.3 Å². The summed E-state index contributed by atoms with van der Waals surface area (Å²) in [4.78, 5) is 12.1. The van der Waals surface area contributed by atoms with Gasteiger partial charge in [-0.1, -0.05) is 31.0 Å². The first-order chi connectivity index (χ1) is 11.7. The summed E-state index contributed by atoms with van der Waals surface area (Å²) in [5, 5.41) is 16.0. The molecule has 1 aliphatic carbocycles. The molecular weight excluding hydrogens is 322 g/mol. The Kier molecular flexibility index (Phi) is 6.54. The number of hydrogen-bond donors (Lipinski definition) is 2. The Hall–Kier alpha value is -1.08. The molecule has 6 nitrogen and oxygen atoms in total. The normalized spacial score (nSPS) is 22.5. The van der Waals surface area contributed by atoms with Crippen molar-refractivity contribution in [2.75, 3.05) is 25.4 Å². The Morgan fingerprint density at radius 1 is 1.25 bits per heavy atom. The zero-order chi connectivity index (χ0) is 16.8. The second-order valence-corrected chi connectivity index (χ2v) is 7.98. The van der Waals surface area contributed by atoms with Crippen LogP contribution in [-0.4, -0.2) is 46.1 Å². The van der Waals surface area contributed by atoms with Crippen molar-refractivity contribution < 1.29 is 4.79 Å². The van der Waals surface area contributed by atoms with E-state index in [0.29, 0.717) is 17.6 Å². The zero-order valence-electron chi connectivity index (χ0n) is 14.6. The Morgan fingerprint density at radius 3 is 2.83 bits per heavy atom. The van der Waals surface area contributed by atoms with Crippen LogP contribution >= 0.6 is 11.8 Å². The number of carbonyl (C=O) groups excluding carboxylic acids is 1. The van der Waals surface area contributed by atoms with Gasteiger partial charge in [-0.25, -0.2) is 0 Å². The van der Waals surface area contributed by atoms with E-state index in [-0.39, 0.29) is 5.91 Å². The first-order valence-corrected chi connectivity index (χ1v) is 10.2. The molecular formula is C17H29N5OS. The fourth-order valence-corrected chi connectivity index (χ4v) is 4.46. The van der Waals surface area contributed by atoms with Crippen LogP contribution in [0.2, 0.25) is 0 Å². The van der Waals surface area contributed by atoms with Crippen LogP contribution < -0.4 is 10.6 Å². The molecule has 1 aliphatic heterocycles. The summed E-state index contributed by atoms with van der Waals surface area (Å²) in [6, 6.07) is 0. The van der Waals surface area contributed by atoms with Gasteiger partial charge in [0.2, 0.25) is 5.91 Å². The number of rotatable bonds is 6. The highest BCUT2D eigenvalue weighted by Crippen LogP contribution is 2.25. The molecule has 0 aromatic carbocycles. The van der Waals surface area contributed by atoms with Crippen molar-refractivity contribution in [2.45, 2.75) is 56.0 Å². The standard InChI is InChI=1S/C17H29N5OS/c1-22-16(14-8-5-9-18-11-14)20-21-17(22)24-12-15(23)19-10-13-6-3-2-4-7-13/h13-14,18H,2-12H2,1H3,(H,19,23)/t14-/m0/s1. The van der Waals surface area contributed by atoms with Crippen molar-refractivity contribution in [3.8, 4) is 0 Å². The smallest absolute Gasteiger partial charge is 0.230 e. The predicted molar refractivity (Wildman–Crippen MR) is 96.2 cm³/mol. The van der Waals surface area contributed by atoms with Crippen LogP contribution in [0.5, 0.6) is 0 Å². The van der Waals surface area contributed by atoms with Gasteiger partial charge in [0.25, 0.3) is 0 Å². The Labute approximate surface area is 148 Å². The molecule has 7 heteroatoms. The molecule has 1 saturated heterocycles. The minimum absolute atomic E-state index is 0.106. The highest BCUT2D eigenvalue weighted by atomic mass is 32.2. The van der Waals surface area contributed by atoms with E-state index in [2.05, 4.69) is 25.4 Å². The molecule has 0 spiro atoms. The molecule has 1 saturated carbocycles. The van der Waals surface area contributed by atoms with Crippen LogP contribution in [0.15, 0.2) is 5.16 Å². The highest BCUT2D eigenvalue weighted by molar-refractivity contribution is 7.99. The average Bonchev–Trinajstić information content (AvgIpc) is 3.00. The van der Waals surface area contributed by atoms with Gasteiger partial charge in [0, 0.05) is 26.1 Å². The van der Waals surface area contributed by atoms with E-state index in [1.807, 2.05) is 7.05 Å². The molecule has 0 radical (unpaired) electrons. The summed E-state index contributed by atoms with van der Waals surface area (Å²) in [6.45, 7) is 2.90. The second kappa shape index (κ2) is 8.85. The highest BCUT2D eigenvalue weighted by Gasteiger charge is 2.22. The minimum atomic E-state index is 0.106. The van der Waals surface area contributed by atoms with E-state index in [1.54, 1.807) is 0 Å². The summed E-state index contributed by atoms with van der Waals surface area (Å²) >= 11 is 1.48. The van der Waals surface area contributed by atoms with Gasteiger partial charge in [0.1, 0.15) is 5.82 Å². The molecule has 2 aliphatic rings. The van der Waals surface area contributed by atoms with Gasteiger partial charge in [-0.3, -0.25) is 4.79 Å². The first-order valence-electron chi connectivity index (χ1n) is 9.23. The summed E-state index contributed by atoms with van der Waals surface area (Å²) in [6.07, 6.45) is 8.84. The van der Waals surface area contributed by atoms with Gasteiger partial charge in [-0.15, -0.1) is 10.2 Å². The van der Waals surface area contributed by atoms with Crippen LogP contribution in [0, 0.1) is 5.92 Å². The van der Waals surface area contributed by atoms with Crippen LogP contribution in [0.25, 0.3) is 0 Å². The number of carbonyl (C=O) groups is 1. The number of amides is 1. The fraction of sp³-hybridized carbons (Fsp3) is 0.824. The van der Waals surface area contributed by atoms with Crippen molar-refractivity contribution in [2.24, 2.45) is 13.0 Å². The molecule has 134 valence electrons. The van der Waals surface area contributed by atoms with Crippen LogP contribution in [0.1, 0.15) is 56.7 Å². The third-order valence-corrected chi connectivity index (χ3v) is 6.20. The predicted octanol–water partition coefficient (Wildman–Crippen LogP) is 2.07. The Balaban J connectivity index is 1.44. The minimum Gasteiger partial charge on any atom is -0.355 e. The zero-order valence-corrected chi connectivity index (χ0v) is 15.4. The largest absolute Gasteiger partial charge is 0.355 e. The molecule has 2 fully saturated rings. The molecule has 3 rings (SSSR count). The molecule has 1 aromatic rings. The summed E-state index contributed by atoms with van der Waals surface area (Å²) in [7, 11) is 2.01. The third kappa shape index (κ3) is 4.72. The third-order valence-electron chi connectivity index (χ3n) is 5.18. The van der Waals surface area contributed by atoms with Gasteiger partial charge in [0.15, 0.2) is 5.16 Å². The maximum absolute atomic E-state index is 12.1. The number of nitrogens with one attached hydrogen (secondary N) is 2. The van der Waals surface area contributed by atoms with Crippen LogP contribution in [0.4, 0.5) is 0 Å². The molecule has 24 heavy (non-hydrogen) atoms. The van der Waals surface area contributed by atoms with E-state index < -0.39 is 0 Å². The van der Waals surface area contributed by atoms with E-state index in [4.69, 9.17) is 0 Å². The van der Waals surface area contributed by atoms with E-state index in [0.717, 1.165) is 37.0 Å². The lowest BCUT2D eigenvalue weighted by atomic mass is 9.89. The molecule has 0 unspecified atom stereocenters. The Morgan fingerprint density at radius 2 is 2.08 bits per heavy atom. The monoisotopic (exact) mass is 351 g/mol. The van der Waals surface area contributed by atoms with Gasteiger partial charge < -0.3 is 15.2 Å². The Bertz CT molecular complexity index is 535. The summed E-state index contributed by atoms with van der Waals surface area (Å²) in [5.41, 5.74) is 0. The summed E-state index contributed by atoms with van der Waals surface area (Å²) in [5.74, 6) is 2.67. The first kappa shape index (κ1) is 17.7.